The van der Waals surface area contributed by atoms with Crippen LogP contribution >= 0.6 is 0 Å². The second-order valence-electron chi connectivity index (χ2n) is 8.06. The van der Waals surface area contributed by atoms with E-state index in [1.165, 1.54) is 18.3 Å². The summed E-state index contributed by atoms with van der Waals surface area (Å²) in [5, 5.41) is 14.9. The van der Waals surface area contributed by atoms with Gasteiger partial charge in [-0.25, -0.2) is 4.39 Å². The Hall–Kier alpha value is -4.41. The normalized spacial score (nSPS) is 16.6. The number of fused-ring (bicyclic) bond motifs is 1. The SMILES string of the molecule is C[C@]1(COc2ccc(-c3cc(COc4cccc(F)c4)on3)cc2)Cn2cc([N+](=O)[O-])nc2O1. The van der Waals surface area contributed by atoms with Crippen LogP contribution in [-0.4, -0.2) is 31.8 Å². The van der Waals surface area contributed by atoms with Crippen molar-refractivity contribution in [2.75, 3.05) is 6.61 Å². The Morgan fingerprint density at radius 1 is 1.18 bits per heavy atom. The first-order valence-corrected chi connectivity index (χ1v) is 10.3. The smallest absolute Gasteiger partial charge is 0.415 e. The standard InChI is InChI=1S/C23H19FN4O6/c1-23(13-27-11-21(28(29)30)25-22(27)33-23)14-32-17-7-5-15(6-8-17)20-10-19(34-26-20)12-31-18-4-2-3-16(24)9-18/h2-11H,12-14H2,1H3/t23-/m1/s1. The molecule has 0 saturated heterocycles. The molecule has 1 atom stereocenters. The summed E-state index contributed by atoms with van der Waals surface area (Å²) in [6.45, 7) is 2.59. The molecule has 0 saturated carbocycles. The number of imidazole rings is 1. The minimum atomic E-state index is -0.696. The molecule has 0 aliphatic carbocycles. The van der Waals surface area contributed by atoms with Gasteiger partial charge in [0.05, 0.1) is 6.54 Å². The molecule has 1 aliphatic heterocycles. The first-order chi connectivity index (χ1) is 16.4. The van der Waals surface area contributed by atoms with Crippen LogP contribution in [0.25, 0.3) is 11.3 Å². The zero-order valence-corrected chi connectivity index (χ0v) is 18.0. The number of hydrogen-bond donors (Lipinski definition) is 0. The van der Waals surface area contributed by atoms with E-state index in [1.807, 2.05) is 19.1 Å². The highest BCUT2D eigenvalue weighted by Crippen LogP contribution is 2.32. The van der Waals surface area contributed by atoms with E-state index in [0.717, 1.165) is 5.56 Å². The van der Waals surface area contributed by atoms with E-state index >= 15 is 0 Å². The van der Waals surface area contributed by atoms with Gasteiger partial charge in [0.1, 0.15) is 42.4 Å². The summed E-state index contributed by atoms with van der Waals surface area (Å²) in [6, 6.07) is 15.1. The van der Waals surface area contributed by atoms with Crippen molar-refractivity contribution in [1.29, 1.82) is 0 Å². The predicted molar refractivity (Wildman–Crippen MR) is 116 cm³/mol. The summed E-state index contributed by atoms with van der Waals surface area (Å²) in [5.74, 6) is 0.915. The van der Waals surface area contributed by atoms with Gasteiger partial charge in [0.25, 0.3) is 0 Å². The molecule has 2 aromatic heterocycles. The van der Waals surface area contributed by atoms with Gasteiger partial charge >= 0.3 is 11.8 Å². The highest BCUT2D eigenvalue weighted by molar-refractivity contribution is 5.59. The third-order valence-electron chi connectivity index (χ3n) is 5.19. The molecule has 0 unspecified atom stereocenters. The molecule has 11 heteroatoms. The molecule has 0 spiro atoms. The number of halogens is 1. The van der Waals surface area contributed by atoms with E-state index in [-0.39, 0.29) is 30.9 Å². The maximum atomic E-state index is 13.2. The Kier molecular flexibility index (Phi) is 5.36. The summed E-state index contributed by atoms with van der Waals surface area (Å²) in [7, 11) is 0. The van der Waals surface area contributed by atoms with Gasteiger partial charge in [-0.15, -0.1) is 0 Å². The maximum absolute atomic E-state index is 13.2. The molecule has 10 nitrogen and oxygen atoms in total. The van der Waals surface area contributed by atoms with E-state index < -0.39 is 10.5 Å². The number of nitrogens with zero attached hydrogens (tertiary/aromatic N) is 4. The highest BCUT2D eigenvalue weighted by atomic mass is 19.1. The molecule has 2 aromatic carbocycles. The molecule has 5 rings (SSSR count). The zero-order chi connectivity index (χ0) is 23.7. The summed E-state index contributed by atoms with van der Waals surface area (Å²) in [6.07, 6.45) is 1.35. The van der Waals surface area contributed by atoms with Gasteiger partial charge < -0.3 is 28.8 Å². The number of benzene rings is 2. The summed E-state index contributed by atoms with van der Waals surface area (Å²) >= 11 is 0. The molecule has 0 radical (unpaired) electrons. The average molecular weight is 466 g/mol. The number of ether oxygens (including phenoxy) is 3. The van der Waals surface area contributed by atoms with Crippen LogP contribution in [0.1, 0.15) is 12.7 Å². The minimum absolute atomic E-state index is 0.122. The zero-order valence-electron chi connectivity index (χ0n) is 18.0. The third kappa shape index (κ3) is 4.53. The van der Waals surface area contributed by atoms with Gasteiger partial charge in [0.2, 0.25) is 0 Å². The van der Waals surface area contributed by atoms with Crippen molar-refractivity contribution in [3.8, 4) is 28.8 Å². The fourth-order valence-corrected chi connectivity index (χ4v) is 3.54. The van der Waals surface area contributed by atoms with Gasteiger partial charge in [-0.1, -0.05) is 11.2 Å². The fraction of sp³-hybridized carbons (Fsp3) is 0.217. The van der Waals surface area contributed by atoms with Gasteiger partial charge in [-0.05, 0) is 48.2 Å². The number of nitro groups is 1. The van der Waals surface area contributed by atoms with Gasteiger partial charge in [0.15, 0.2) is 11.4 Å². The van der Waals surface area contributed by atoms with Crippen LogP contribution in [0.2, 0.25) is 0 Å². The Morgan fingerprint density at radius 2 is 2.00 bits per heavy atom. The van der Waals surface area contributed by atoms with Gasteiger partial charge in [-0.3, -0.25) is 4.57 Å². The van der Waals surface area contributed by atoms with Crippen molar-refractivity contribution >= 4 is 5.82 Å². The first kappa shape index (κ1) is 21.4. The topological polar surface area (TPSA) is 115 Å². The van der Waals surface area contributed by atoms with Crippen LogP contribution in [0.5, 0.6) is 17.5 Å². The monoisotopic (exact) mass is 466 g/mol. The molecular formula is C23H19FN4O6. The molecule has 1 aliphatic rings. The highest BCUT2D eigenvalue weighted by Gasteiger charge is 2.41. The van der Waals surface area contributed by atoms with Crippen LogP contribution in [-0.2, 0) is 13.2 Å². The van der Waals surface area contributed by atoms with Crippen molar-refractivity contribution in [2.45, 2.75) is 25.7 Å². The van der Waals surface area contributed by atoms with Crippen LogP contribution in [0.3, 0.4) is 0 Å². The Labute approximate surface area is 192 Å². The third-order valence-corrected chi connectivity index (χ3v) is 5.19. The maximum Gasteiger partial charge on any atom is 0.415 e. The lowest BCUT2D eigenvalue weighted by Gasteiger charge is -2.22. The first-order valence-electron chi connectivity index (χ1n) is 10.3. The second kappa shape index (κ2) is 8.50. The Balaban J connectivity index is 1.16. The molecule has 174 valence electrons. The van der Waals surface area contributed by atoms with Crippen LogP contribution in [0.15, 0.2) is 65.3 Å². The lowest BCUT2D eigenvalue weighted by Crippen LogP contribution is -2.38. The molecule has 4 aromatic rings. The molecule has 0 amide bonds. The van der Waals surface area contributed by atoms with Crippen molar-refractivity contribution in [1.82, 2.24) is 14.7 Å². The molecular weight excluding hydrogens is 447 g/mol. The molecule has 0 N–H and O–H groups in total. The van der Waals surface area contributed by atoms with Gasteiger partial charge in [-0.2, -0.15) is 0 Å². The Bertz CT molecular complexity index is 1310. The van der Waals surface area contributed by atoms with E-state index in [9.17, 15) is 14.5 Å². The van der Waals surface area contributed by atoms with Gasteiger partial charge in [0, 0.05) is 22.7 Å². The molecule has 34 heavy (non-hydrogen) atoms. The van der Waals surface area contributed by atoms with Crippen molar-refractivity contribution < 1.29 is 28.0 Å². The van der Waals surface area contributed by atoms with Crippen molar-refractivity contribution in [3.05, 3.63) is 82.5 Å². The van der Waals surface area contributed by atoms with Crippen LogP contribution in [0, 0.1) is 15.9 Å². The number of aromatic nitrogens is 3. The number of hydrogen-bond acceptors (Lipinski definition) is 8. The van der Waals surface area contributed by atoms with E-state index in [1.54, 1.807) is 34.9 Å². The summed E-state index contributed by atoms with van der Waals surface area (Å²) in [5.41, 5.74) is 0.755. The minimum Gasteiger partial charge on any atom is -0.489 e. The summed E-state index contributed by atoms with van der Waals surface area (Å²) in [4.78, 5) is 14.1. The second-order valence-corrected chi connectivity index (χ2v) is 8.06. The van der Waals surface area contributed by atoms with E-state index in [2.05, 4.69) is 10.1 Å². The summed E-state index contributed by atoms with van der Waals surface area (Å²) < 4.78 is 37.3. The quantitative estimate of drug-likeness (QED) is 0.277. The lowest BCUT2D eigenvalue weighted by molar-refractivity contribution is -0.389. The van der Waals surface area contributed by atoms with Crippen molar-refractivity contribution in [2.24, 2.45) is 0 Å². The average Bonchev–Trinajstić information content (AvgIpc) is 3.51. The Morgan fingerprint density at radius 3 is 2.74 bits per heavy atom. The molecule has 3 heterocycles. The molecule has 0 fully saturated rings. The molecule has 0 bridgehead atoms. The van der Waals surface area contributed by atoms with E-state index in [0.29, 0.717) is 29.5 Å². The number of rotatable bonds is 8. The van der Waals surface area contributed by atoms with Crippen LogP contribution < -0.4 is 14.2 Å². The van der Waals surface area contributed by atoms with Crippen molar-refractivity contribution in [3.63, 3.8) is 0 Å². The lowest BCUT2D eigenvalue weighted by atomic mass is 10.1. The fourth-order valence-electron chi connectivity index (χ4n) is 3.54. The largest absolute Gasteiger partial charge is 0.489 e. The van der Waals surface area contributed by atoms with E-state index in [4.69, 9.17) is 18.7 Å². The predicted octanol–water partition coefficient (Wildman–Crippen LogP) is 4.39. The van der Waals surface area contributed by atoms with Crippen LogP contribution in [0.4, 0.5) is 10.2 Å².